The van der Waals surface area contributed by atoms with E-state index in [9.17, 15) is 4.79 Å². The lowest BCUT2D eigenvalue weighted by molar-refractivity contribution is 0.102. The number of nitrogens with one attached hydrogen (secondary N) is 1. The Bertz CT molecular complexity index is 790. The van der Waals surface area contributed by atoms with Crippen molar-refractivity contribution in [3.8, 4) is 0 Å². The molecule has 2 aromatic carbocycles. The Morgan fingerprint density at radius 2 is 2.00 bits per heavy atom. The first-order valence-electron chi connectivity index (χ1n) is 6.65. The van der Waals surface area contributed by atoms with E-state index in [0.29, 0.717) is 5.69 Å². The molecule has 1 unspecified atom stereocenters. The van der Waals surface area contributed by atoms with Crippen LogP contribution in [0.4, 0.5) is 5.69 Å². The molecule has 0 spiro atoms. The van der Waals surface area contributed by atoms with E-state index in [1.54, 1.807) is 5.38 Å². The van der Waals surface area contributed by atoms with E-state index in [1.165, 1.54) is 11.3 Å². The van der Waals surface area contributed by atoms with E-state index in [0.717, 1.165) is 21.5 Å². The Hall–Kier alpha value is -2.24. The van der Waals surface area contributed by atoms with E-state index in [2.05, 4.69) is 10.3 Å². The number of anilines is 1. The maximum atomic E-state index is 12.3. The van der Waals surface area contributed by atoms with Crippen molar-refractivity contribution in [3.63, 3.8) is 0 Å². The highest BCUT2D eigenvalue weighted by Gasteiger charge is 2.13. The van der Waals surface area contributed by atoms with Crippen LogP contribution in [0.3, 0.4) is 0 Å². The number of carbonyl (C=O) groups excluding carboxylic acids is 1. The van der Waals surface area contributed by atoms with Crippen LogP contribution in [0.2, 0.25) is 0 Å². The van der Waals surface area contributed by atoms with Crippen molar-refractivity contribution in [2.24, 2.45) is 5.73 Å². The maximum absolute atomic E-state index is 12.3. The number of amides is 1. The van der Waals surface area contributed by atoms with Crippen molar-refractivity contribution in [1.29, 1.82) is 0 Å². The number of thiazole rings is 1. The molecule has 0 aliphatic heterocycles. The third-order valence-corrected chi connectivity index (χ3v) is 4.23. The molecule has 5 heteroatoms. The van der Waals surface area contributed by atoms with Crippen LogP contribution in [0.1, 0.15) is 28.5 Å². The van der Waals surface area contributed by atoms with Gasteiger partial charge >= 0.3 is 0 Å². The summed E-state index contributed by atoms with van der Waals surface area (Å²) in [5, 5.41) is 7.51. The van der Waals surface area contributed by atoms with Crippen molar-refractivity contribution in [2.75, 3.05) is 5.32 Å². The summed E-state index contributed by atoms with van der Waals surface area (Å²) in [5.74, 6) is -0.213. The molecule has 1 atom stereocenters. The first-order valence-corrected chi connectivity index (χ1v) is 7.53. The second kappa shape index (κ2) is 5.63. The van der Waals surface area contributed by atoms with Crippen LogP contribution in [-0.4, -0.2) is 10.9 Å². The number of benzene rings is 2. The fraction of sp³-hybridized carbons (Fsp3) is 0.125. The zero-order chi connectivity index (χ0) is 14.8. The highest BCUT2D eigenvalue weighted by molar-refractivity contribution is 7.09. The molecule has 1 amide bonds. The van der Waals surface area contributed by atoms with Crippen LogP contribution in [0.25, 0.3) is 10.8 Å². The highest BCUT2D eigenvalue weighted by atomic mass is 32.1. The average molecular weight is 297 g/mol. The molecule has 0 saturated carbocycles. The number of hydrogen-bond donors (Lipinski definition) is 2. The molecule has 0 radical (unpaired) electrons. The second-order valence-corrected chi connectivity index (χ2v) is 5.73. The van der Waals surface area contributed by atoms with Crippen molar-refractivity contribution < 1.29 is 4.79 Å². The van der Waals surface area contributed by atoms with Crippen LogP contribution < -0.4 is 11.1 Å². The molecule has 0 bridgehead atoms. The smallest absolute Gasteiger partial charge is 0.275 e. The van der Waals surface area contributed by atoms with Crippen LogP contribution in [-0.2, 0) is 0 Å². The van der Waals surface area contributed by atoms with Gasteiger partial charge in [-0.2, -0.15) is 0 Å². The van der Waals surface area contributed by atoms with Crippen LogP contribution in [0, 0.1) is 0 Å². The molecule has 3 aromatic rings. The number of aromatic nitrogens is 1. The Labute approximate surface area is 126 Å². The molecular formula is C16H15N3OS. The van der Waals surface area contributed by atoms with Gasteiger partial charge < -0.3 is 11.1 Å². The minimum absolute atomic E-state index is 0.158. The summed E-state index contributed by atoms with van der Waals surface area (Å²) in [6.45, 7) is 1.85. The predicted octanol–water partition coefficient (Wildman–Crippen LogP) is 3.57. The van der Waals surface area contributed by atoms with Crippen molar-refractivity contribution in [3.05, 3.63) is 58.5 Å². The van der Waals surface area contributed by atoms with Gasteiger partial charge in [0.05, 0.1) is 6.04 Å². The summed E-state index contributed by atoms with van der Waals surface area (Å²) in [4.78, 5) is 16.6. The summed E-state index contributed by atoms with van der Waals surface area (Å²) in [6.07, 6.45) is 0. The van der Waals surface area contributed by atoms with E-state index >= 15 is 0 Å². The van der Waals surface area contributed by atoms with Gasteiger partial charge in [0.25, 0.3) is 5.91 Å². The van der Waals surface area contributed by atoms with E-state index in [4.69, 9.17) is 5.73 Å². The molecule has 1 aromatic heterocycles. The number of rotatable bonds is 3. The van der Waals surface area contributed by atoms with Crippen LogP contribution in [0.15, 0.2) is 47.8 Å². The van der Waals surface area contributed by atoms with Gasteiger partial charge in [0, 0.05) is 16.5 Å². The first-order chi connectivity index (χ1) is 10.1. The molecule has 0 aliphatic carbocycles. The lowest BCUT2D eigenvalue weighted by atomic mass is 10.1. The average Bonchev–Trinajstić information content (AvgIpc) is 2.98. The molecule has 0 saturated heterocycles. The Balaban J connectivity index is 1.89. The number of fused-ring (bicyclic) bond motifs is 1. The number of nitrogens with two attached hydrogens (primary N) is 1. The zero-order valence-electron chi connectivity index (χ0n) is 11.5. The predicted molar refractivity (Wildman–Crippen MR) is 86.6 cm³/mol. The minimum Gasteiger partial charge on any atom is -0.322 e. The van der Waals surface area contributed by atoms with Gasteiger partial charge in [-0.25, -0.2) is 4.98 Å². The summed E-state index contributed by atoms with van der Waals surface area (Å²) in [5.41, 5.74) is 6.96. The molecule has 106 valence electrons. The molecule has 21 heavy (non-hydrogen) atoms. The SMILES string of the molecule is CC(N)c1nc(C(=O)Nc2cccc3ccccc23)cs1. The van der Waals surface area contributed by atoms with E-state index in [1.807, 2.05) is 49.4 Å². The molecule has 4 nitrogen and oxygen atoms in total. The monoisotopic (exact) mass is 297 g/mol. The lowest BCUT2D eigenvalue weighted by Crippen LogP contribution is -2.13. The van der Waals surface area contributed by atoms with E-state index in [-0.39, 0.29) is 11.9 Å². The quantitative estimate of drug-likeness (QED) is 0.776. The van der Waals surface area contributed by atoms with Crippen molar-refractivity contribution in [1.82, 2.24) is 4.98 Å². The van der Waals surface area contributed by atoms with Gasteiger partial charge in [0.2, 0.25) is 0 Å². The van der Waals surface area contributed by atoms with Gasteiger partial charge in [-0.05, 0) is 18.4 Å². The van der Waals surface area contributed by atoms with Gasteiger partial charge in [-0.3, -0.25) is 4.79 Å². The van der Waals surface area contributed by atoms with Gasteiger partial charge in [-0.1, -0.05) is 36.4 Å². The Morgan fingerprint density at radius 3 is 2.76 bits per heavy atom. The van der Waals surface area contributed by atoms with Crippen LogP contribution in [0.5, 0.6) is 0 Å². The minimum atomic E-state index is -0.213. The molecule has 3 rings (SSSR count). The lowest BCUT2D eigenvalue weighted by Gasteiger charge is -2.07. The standard InChI is InChI=1S/C16H15N3OS/c1-10(17)16-19-14(9-21-16)15(20)18-13-8-4-6-11-5-2-3-7-12(11)13/h2-10H,17H2,1H3,(H,18,20). The van der Waals surface area contributed by atoms with E-state index < -0.39 is 0 Å². The fourth-order valence-corrected chi connectivity index (χ4v) is 2.88. The van der Waals surface area contributed by atoms with Crippen molar-refractivity contribution >= 4 is 33.7 Å². The number of nitrogens with zero attached hydrogens (tertiary/aromatic N) is 1. The number of carbonyl (C=O) groups is 1. The third kappa shape index (κ3) is 2.79. The molecule has 3 N–H and O–H groups in total. The number of hydrogen-bond acceptors (Lipinski definition) is 4. The molecule has 0 aliphatic rings. The highest BCUT2D eigenvalue weighted by Crippen LogP contribution is 2.24. The van der Waals surface area contributed by atoms with Gasteiger partial charge in [0.15, 0.2) is 0 Å². The Kier molecular flexibility index (Phi) is 3.68. The normalized spacial score (nSPS) is 12.3. The molecule has 1 heterocycles. The summed E-state index contributed by atoms with van der Waals surface area (Å²) < 4.78 is 0. The van der Waals surface area contributed by atoms with Gasteiger partial charge in [-0.15, -0.1) is 11.3 Å². The summed E-state index contributed by atoms with van der Waals surface area (Å²) in [7, 11) is 0. The summed E-state index contributed by atoms with van der Waals surface area (Å²) >= 11 is 1.40. The fourth-order valence-electron chi connectivity index (χ4n) is 2.12. The topological polar surface area (TPSA) is 68.0 Å². The van der Waals surface area contributed by atoms with Gasteiger partial charge in [0.1, 0.15) is 10.7 Å². The first kappa shape index (κ1) is 13.7. The van der Waals surface area contributed by atoms with Crippen molar-refractivity contribution in [2.45, 2.75) is 13.0 Å². The summed E-state index contributed by atoms with van der Waals surface area (Å²) in [6, 6.07) is 13.6. The zero-order valence-corrected chi connectivity index (χ0v) is 12.4. The Morgan fingerprint density at radius 1 is 1.24 bits per heavy atom. The van der Waals surface area contributed by atoms with Crippen LogP contribution >= 0.6 is 11.3 Å². The third-order valence-electron chi connectivity index (χ3n) is 3.18. The second-order valence-electron chi connectivity index (χ2n) is 4.84. The maximum Gasteiger partial charge on any atom is 0.275 e. The molecular weight excluding hydrogens is 282 g/mol. The largest absolute Gasteiger partial charge is 0.322 e. The molecule has 0 fully saturated rings.